The Morgan fingerprint density at radius 3 is 2.62 bits per heavy atom. The minimum absolute atomic E-state index is 0.271. The number of rotatable bonds is 8. The number of nitrogens with one attached hydrogen (secondary N) is 1. The lowest BCUT2D eigenvalue weighted by Crippen LogP contribution is -2.23. The van der Waals surface area contributed by atoms with Crippen LogP contribution in [0.1, 0.15) is 36.1 Å². The molecule has 2 aromatic carbocycles. The topological polar surface area (TPSA) is 77.0 Å². The second-order valence-electron chi connectivity index (χ2n) is 7.22. The minimum Gasteiger partial charge on any atom is -0.490 e. The molecule has 3 rings (SSSR count). The van der Waals surface area contributed by atoms with E-state index < -0.39 is 0 Å². The highest BCUT2D eigenvalue weighted by Gasteiger charge is 2.23. The van der Waals surface area contributed by atoms with Gasteiger partial charge in [0, 0.05) is 12.5 Å². The molecule has 1 heterocycles. The second kappa shape index (κ2) is 10.8. The summed E-state index contributed by atoms with van der Waals surface area (Å²) in [6.45, 7) is 10.1. The van der Waals surface area contributed by atoms with Crippen molar-refractivity contribution in [3.05, 3.63) is 76.2 Å². The summed E-state index contributed by atoms with van der Waals surface area (Å²) in [4.78, 5) is 27.8. The molecular weight excluding hydrogens is 424 g/mol. The lowest BCUT2D eigenvalue weighted by Gasteiger charge is -2.17. The van der Waals surface area contributed by atoms with Gasteiger partial charge in [-0.15, -0.1) is 6.58 Å². The smallest absolute Gasteiger partial charge is 0.286 e. The number of allylic oxidation sites excluding steroid dienone is 1. The van der Waals surface area contributed by atoms with Gasteiger partial charge >= 0.3 is 0 Å². The summed E-state index contributed by atoms with van der Waals surface area (Å²) >= 11 is 1.13. The highest BCUT2D eigenvalue weighted by molar-refractivity contribution is 8.18. The van der Waals surface area contributed by atoms with E-state index in [2.05, 4.69) is 29.0 Å². The van der Waals surface area contributed by atoms with E-state index in [0.29, 0.717) is 36.0 Å². The molecule has 32 heavy (non-hydrogen) atoms. The van der Waals surface area contributed by atoms with Crippen LogP contribution < -0.4 is 14.8 Å². The van der Waals surface area contributed by atoms with Crippen molar-refractivity contribution in [3.8, 4) is 11.5 Å². The molecule has 0 unspecified atom stereocenters. The normalized spacial score (nSPS) is 14.3. The molecule has 6 nitrogen and oxygen atoms in total. The lowest BCUT2D eigenvalue weighted by molar-refractivity contribution is -0.117. The Hall–Kier alpha value is -3.32. The minimum atomic E-state index is -0.387. The van der Waals surface area contributed by atoms with E-state index in [1.807, 2.05) is 38.1 Å². The van der Waals surface area contributed by atoms with E-state index in [-0.39, 0.29) is 17.0 Å². The Morgan fingerprint density at radius 2 is 1.97 bits per heavy atom. The van der Waals surface area contributed by atoms with Gasteiger partial charge in [0.2, 0.25) is 5.91 Å². The number of hydrogen-bond donors (Lipinski definition) is 1. The van der Waals surface area contributed by atoms with Crippen molar-refractivity contribution in [3.63, 3.8) is 0 Å². The molecule has 0 spiro atoms. The van der Waals surface area contributed by atoms with Gasteiger partial charge < -0.3 is 14.8 Å². The Kier molecular flexibility index (Phi) is 7.89. The summed E-state index contributed by atoms with van der Waals surface area (Å²) in [5.41, 5.74) is 3.94. The zero-order valence-electron chi connectivity index (χ0n) is 18.4. The number of hydrogen-bond acceptors (Lipinski definition) is 5. The molecule has 1 N–H and O–H groups in total. The van der Waals surface area contributed by atoms with Gasteiger partial charge in [-0.25, -0.2) is 0 Å². The number of thioether (sulfide) groups is 1. The summed E-state index contributed by atoms with van der Waals surface area (Å²) < 4.78 is 12.0. The SMILES string of the molecule is C=CCc1cc(/C=C2/SC(NC(C)=O)=NC2=O)cc(OCC)c1OCc1ccc(C)cc1. The molecule has 0 fully saturated rings. The maximum atomic E-state index is 12.2. The zero-order chi connectivity index (χ0) is 23.1. The molecule has 0 bridgehead atoms. The molecule has 0 saturated heterocycles. The molecular formula is C25H26N2O4S. The van der Waals surface area contributed by atoms with Gasteiger partial charge in [0.15, 0.2) is 16.7 Å². The van der Waals surface area contributed by atoms with Crippen molar-refractivity contribution < 1.29 is 19.1 Å². The third-order valence-electron chi connectivity index (χ3n) is 4.52. The Labute approximate surface area is 192 Å². The number of benzene rings is 2. The van der Waals surface area contributed by atoms with E-state index >= 15 is 0 Å². The number of ether oxygens (including phenoxy) is 2. The maximum absolute atomic E-state index is 12.2. The van der Waals surface area contributed by atoms with E-state index in [1.54, 1.807) is 12.2 Å². The first kappa shape index (κ1) is 23.3. The van der Waals surface area contributed by atoms with Crippen LogP contribution in [0.3, 0.4) is 0 Å². The number of carbonyl (C=O) groups is 2. The Balaban J connectivity index is 1.90. The first-order chi connectivity index (χ1) is 15.4. The number of amidine groups is 1. The third kappa shape index (κ3) is 6.11. The number of aryl methyl sites for hydroxylation is 1. The molecule has 0 aromatic heterocycles. The van der Waals surface area contributed by atoms with E-state index in [0.717, 1.165) is 28.5 Å². The summed E-state index contributed by atoms with van der Waals surface area (Å²) in [6, 6.07) is 12.0. The van der Waals surface area contributed by atoms with E-state index in [1.165, 1.54) is 12.5 Å². The number of amides is 2. The fraction of sp³-hybridized carbons (Fsp3) is 0.240. The largest absolute Gasteiger partial charge is 0.490 e. The molecule has 2 aromatic rings. The van der Waals surface area contributed by atoms with Crippen LogP contribution in [0.5, 0.6) is 11.5 Å². The van der Waals surface area contributed by atoms with Crippen molar-refractivity contribution in [1.29, 1.82) is 0 Å². The lowest BCUT2D eigenvalue weighted by atomic mass is 10.0. The third-order valence-corrected chi connectivity index (χ3v) is 5.42. The molecule has 1 aliphatic rings. The van der Waals surface area contributed by atoms with Crippen LogP contribution in [0.2, 0.25) is 0 Å². The van der Waals surface area contributed by atoms with Gasteiger partial charge in [0.1, 0.15) is 6.61 Å². The number of aliphatic imine (C=N–C) groups is 1. The summed E-state index contributed by atoms with van der Waals surface area (Å²) in [6.07, 6.45) is 4.12. The van der Waals surface area contributed by atoms with Gasteiger partial charge in [0.05, 0.1) is 11.5 Å². The fourth-order valence-corrected chi connectivity index (χ4v) is 3.96. The van der Waals surface area contributed by atoms with Gasteiger partial charge in [-0.3, -0.25) is 9.59 Å². The monoisotopic (exact) mass is 450 g/mol. The van der Waals surface area contributed by atoms with Crippen LogP contribution in [0.15, 0.2) is 59.0 Å². The van der Waals surface area contributed by atoms with E-state index in [9.17, 15) is 9.59 Å². The van der Waals surface area contributed by atoms with Crippen LogP contribution in [0.25, 0.3) is 6.08 Å². The van der Waals surface area contributed by atoms with Crippen LogP contribution in [0, 0.1) is 6.92 Å². The van der Waals surface area contributed by atoms with Crippen molar-refractivity contribution >= 4 is 34.8 Å². The summed E-state index contributed by atoms with van der Waals surface area (Å²) in [5, 5.41) is 2.83. The van der Waals surface area contributed by atoms with Crippen LogP contribution in [-0.2, 0) is 22.6 Å². The average molecular weight is 451 g/mol. The molecule has 0 radical (unpaired) electrons. The average Bonchev–Trinajstić information content (AvgIpc) is 3.07. The summed E-state index contributed by atoms with van der Waals surface area (Å²) in [7, 11) is 0. The van der Waals surface area contributed by atoms with Crippen LogP contribution >= 0.6 is 11.8 Å². The first-order valence-electron chi connectivity index (χ1n) is 10.3. The van der Waals surface area contributed by atoms with Gasteiger partial charge in [-0.1, -0.05) is 35.9 Å². The predicted octanol–water partition coefficient (Wildman–Crippen LogP) is 4.81. The Morgan fingerprint density at radius 1 is 1.22 bits per heavy atom. The highest BCUT2D eigenvalue weighted by Crippen LogP contribution is 2.36. The molecule has 2 amide bonds. The van der Waals surface area contributed by atoms with E-state index in [4.69, 9.17) is 9.47 Å². The van der Waals surface area contributed by atoms with Gasteiger partial charge in [-0.2, -0.15) is 4.99 Å². The molecule has 0 atom stereocenters. The zero-order valence-corrected chi connectivity index (χ0v) is 19.3. The predicted molar refractivity (Wildman–Crippen MR) is 129 cm³/mol. The quantitative estimate of drug-likeness (QED) is 0.461. The number of nitrogens with zero attached hydrogens (tertiary/aromatic N) is 1. The molecule has 166 valence electrons. The first-order valence-corrected chi connectivity index (χ1v) is 11.1. The van der Waals surface area contributed by atoms with Crippen molar-refractivity contribution in [2.24, 2.45) is 4.99 Å². The molecule has 0 saturated carbocycles. The molecule has 7 heteroatoms. The maximum Gasteiger partial charge on any atom is 0.286 e. The van der Waals surface area contributed by atoms with Crippen molar-refractivity contribution in [2.45, 2.75) is 33.8 Å². The number of carbonyl (C=O) groups excluding carboxylic acids is 2. The van der Waals surface area contributed by atoms with Crippen molar-refractivity contribution in [1.82, 2.24) is 5.32 Å². The second-order valence-corrected chi connectivity index (χ2v) is 8.25. The molecule has 0 aliphatic carbocycles. The standard InChI is InChI=1S/C25H26N2O4S/c1-5-7-20-12-19(14-22-24(29)27-25(32-22)26-17(4)28)13-21(30-6-2)23(20)31-15-18-10-8-16(3)9-11-18/h5,8-14H,1,6-7,15H2,2-4H3,(H,26,27,28,29)/b22-14+. The van der Waals surface area contributed by atoms with Crippen molar-refractivity contribution in [2.75, 3.05) is 6.61 Å². The Bertz CT molecular complexity index is 1090. The highest BCUT2D eigenvalue weighted by atomic mass is 32.2. The van der Waals surface area contributed by atoms with Gasteiger partial charge in [0.25, 0.3) is 5.91 Å². The fourth-order valence-electron chi connectivity index (χ4n) is 3.10. The van der Waals surface area contributed by atoms with Crippen LogP contribution in [-0.4, -0.2) is 23.6 Å². The summed E-state index contributed by atoms with van der Waals surface area (Å²) in [5.74, 6) is 0.605. The van der Waals surface area contributed by atoms with Gasteiger partial charge in [-0.05, 0) is 61.4 Å². The molecule has 1 aliphatic heterocycles. The van der Waals surface area contributed by atoms with Crippen LogP contribution in [0.4, 0.5) is 0 Å².